The summed E-state index contributed by atoms with van der Waals surface area (Å²) in [4.78, 5) is 42.0. The molecule has 0 radical (unpaired) electrons. The number of hydrogen-bond donors (Lipinski definition) is 2. The van der Waals surface area contributed by atoms with Crippen LogP contribution in [0.25, 0.3) is 11.0 Å². The fraction of sp³-hybridized carbons (Fsp3) is 0.458. The fourth-order valence-electron chi connectivity index (χ4n) is 2.97. The van der Waals surface area contributed by atoms with Gasteiger partial charge >= 0.3 is 12.1 Å². The van der Waals surface area contributed by atoms with Crippen molar-refractivity contribution in [3.05, 3.63) is 45.9 Å². The third-order valence-corrected chi connectivity index (χ3v) is 4.64. The highest BCUT2D eigenvalue weighted by Crippen LogP contribution is 2.22. The van der Waals surface area contributed by atoms with Crippen LogP contribution in [0.5, 0.6) is 5.75 Å². The Labute approximate surface area is 204 Å². The minimum Gasteiger partial charge on any atom is -0.496 e. The molecule has 11 nitrogen and oxygen atoms in total. The van der Waals surface area contributed by atoms with E-state index in [2.05, 4.69) is 39.0 Å². The number of unbranched alkanes of at least 4 members (excludes halogenated alkanes) is 2. The molecule has 3 rings (SSSR count). The molecule has 0 bridgehead atoms. The molecule has 1 aromatic carbocycles. The number of H-pyrrole nitrogens is 1. The van der Waals surface area contributed by atoms with Gasteiger partial charge in [0, 0.05) is 5.56 Å². The molecule has 0 unspecified atom stereocenters. The van der Waals surface area contributed by atoms with Gasteiger partial charge in [0.15, 0.2) is 5.52 Å². The van der Waals surface area contributed by atoms with Crippen molar-refractivity contribution in [3.8, 4) is 5.75 Å². The molecule has 0 atom stereocenters. The number of aromatic amines is 1. The van der Waals surface area contributed by atoms with Crippen LogP contribution in [0.4, 0.5) is 10.7 Å². The SMILES string of the molecule is CC.CCCCC.COC(=O)Nc1nc2cnn(Cc3ccc(C(=O)OC)cc3OC)c2c(=O)[nH]1. The Hall–Kier alpha value is -3.89. The maximum absolute atomic E-state index is 12.4. The number of anilines is 1. The molecule has 0 aliphatic carbocycles. The molecule has 0 saturated carbocycles. The minimum atomic E-state index is -0.759. The zero-order valence-corrected chi connectivity index (χ0v) is 21.4. The van der Waals surface area contributed by atoms with Crippen molar-refractivity contribution in [2.45, 2.75) is 53.5 Å². The first kappa shape index (κ1) is 29.1. The van der Waals surface area contributed by atoms with Crippen LogP contribution in [0.3, 0.4) is 0 Å². The Bertz CT molecular complexity index is 1150. The summed E-state index contributed by atoms with van der Waals surface area (Å²) >= 11 is 0. The van der Waals surface area contributed by atoms with Crippen molar-refractivity contribution >= 4 is 29.0 Å². The van der Waals surface area contributed by atoms with Crippen LogP contribution in [-0.2, 0) is 16.0 Å². The highest BCUT2D eigenvalue weighted by atomic mass is 16.5. The second kappa shape index (κ2) is 15.1. The lowest BCUT2D eigenvalue weighted by molar-refractivity contribution is 0.0600. The highest BCUT2D eigenvalue weighted by Gasteiger charge is 2.15. The number of nitrogens with one attached hydrogen (secondary N) is 2. The van der Waals surface area contributed by atoms with Gasteiger partial charge in [-0.15, -0.1) is 0 Å². The number of rotatable bonds is 7. The molecule has 2 N–H and O–H groups in total. The van der Waals surface area contributed by atoms with Crippen LogP contribution in [-0.4, -0.2) is 53.1 Å². The standard InChI is InChI=1S/C17H17N5O6.C5H12.C2H6/c1-26-12-6-9(15(24)27-2)4-5-10(12)8-22-13-11(7-18-22)19-16(20-14(13)23)21-17(25)28-3;1-3-5-4-2;1-2/h4-7H,8H2,1-3H3,(H2,19,20,21,23,25);3-5H2,1-2H3;1-2H3. The van der Waals surface area contributed by atoms with Crippen molar-refractivity contribution in [1.82, 2.24) is 19.7 Å². The first-order chi connectivity index (χ1) is 16.9. The number of amides is 1. The summed E-state index contributed by atoms with van der Waals surface area (Å²) in [5.41, 5.74) is 1.05. The molecule has 35 heavy (non-hydrogen) atoms. The van der Waals surface area contributed by atoms with Gasteiger partial charge in [0.25, 0.3) is 5.56 Å². The predicted molar refractivity (Wildman–Crippen MR) is 134 cm³/mol. The molecule has 0 fully saturated rings. The number of ether oxygens (including phenoxy) is 3. The smallest absolute Gasteiger partial charge is 0.413 e. The van der Waals surface area contributed by atoms with Crippen molar-refractivity contribution in [2.24, 2.45) is 0 Å². The molecule has 0 spiro atoms. The number of benzene rings is 1. The lowest BCUT2D eigenvalue weighted by atomic mass is 10.1. The second-order valence-electron chi connectivity index (χ2n) is 6.94. The minimum absolute atomic E-state index is 0.0519. The van der Waals surface area contributed by atoms with E-state index in [9.17, 15) is 14.4 Å². The quantitative estimate of drug-likeness (QED) is 0.467. The second-order valence-corrected chi connectivity index (χ2v) is 6.94. The van der Waals surface area contributed by atoms with Gasteiger partial charge in [0.2, 0.25) is 5.95 Å². The first-order valence-corrected chi connectivity index (χ1v) is 11.4. The van der Waals surface area contributed by atoms with Gasteiger partial charge in [0.05, 0.1) is 39.6 Å². The molecule has 0 aliphatic heterocycles. The van der Waals surface area contributed by atoms with Crippen LogP contribution >= 0.6 is 0 Å². The van der Waals surface area contributed by atoms with Crippen molar-refractivity contribution in [3.63, 3.8) is 0 Å². The third-order valence-electron chi connectivity index (χ3n) is 4.64. The molecule has 2 heterocycles. The maximum Gasteiger partial charge on any atom is 0.413 e. The Kier molecular flexibility index (Phi) is 12.6. The van der Waals surface area contributed by atoms with Crippen LogP contribution in [0, 0.1) is 0 Å². The Morgan fingerprint density at radius 2 is 1.77 bits per heavy atom. The zero-order chi connectivity index (χ0) is 26.4. The Morgan fingerprint density at radius 1 is 1.09 bits per heavy atom. The summed E-state index contributed by atoms with van der Waals surface area (Å²) < 4.78 is 15.9. The molecule has 2 aromatic heterocycles. The van der Waals surface area contributed by atoms with E-state index in [1.807, 2.05) is 13.8 Å². The zero-order valence-electron chi connectivity index (χ0n) is 21.4. The van der Waals surface area contributed by atoms with E-state index in [-0.39, 0.29) is 18.0 Å². The van der Waals surface area contributed by atoms with Gasteiger partial charge in [-0.1, -0.05) is 53.0 Å². The van der Waals surface area contributed by atoms with Crippen LogP contribution in [0.2, 0.25) is 0 Å². The molecule has 1 amide bonds. The van der Waals surface area contributed by atoms with Crippen LogP contribution < -0.4 is 15.6 Å². The lowest BCUT2D eigenvalue weighted by Gasteiger charge is -2.11. The largest absolute Gasteiger partial charge is 0.496 e. The molecular weight excluding hydrogens is 454 g/mol. The number of methoxy groups -OCH3 is 3. The number of carbonyl (C=O) groups excluding carboxylic acids is 2. The van der Waals surface area contributed by atoms with Crippen molar-refractivity contribution < 1.29 is 23.8 Å². The van der Waals surface area contributed by atoms with E-state index in [4.69, 9.17) is 9.47 Å². The predicted octanol–water partition coefficient (Wildman–Crippen LogP) is 4.36. The Balaban J connectivity index is 0.000000779. The third kappa shape index (κ3) is 8.13. The number of carbonyl (C=O) groups is 2. The summed E-state index contributed by atoms with van der Waals surface area (Å²) in [6.45, 7) is 8.62. The summed E-state index contributed by atoms with van der Waals surface area (Å²) in [5, 5.41) is 6.48. The lowest BCUT2D eigenvalue weighted by Crippen LogP contribution is -2.19. The summed E-state index contributed by atoms with van der Waals surface area (Å²) in [6, 6.07) is 4.83. The fourth-order valence-corrected chi connectivity index (χ4v) is 2.97. The van der Waals surface area contributed by atoms with Gasteiger partial charge < -0.3 is 14.2 Å². The summed E-state index contributed by atoms with van der Waals surface area (Å²) in [7, 11) is 3.96. The molecule has 0 aliphatic rings. The van der Waals surface area contributed by atoms with Gasteiger partial charge in [-0.2, -0.15) is 5.10 Å². The maximum atomic E-state index is 12.4. The van der Waals surface area contributed by atoms with Gasteiger partial charge in [0.1, 0.15) is 11.3 Å². The Morgan fingerprint density at radius 3 is 2.31 bits per heavy atom. The highest BCUT2D eigenvalue weighted by molar-refractivity contribution is 5.90. The number of nitrogens with zero attached hydrogens (tertiary/aromatic N) is 3. The van der Waals surface area contributed by atoms with Crippen LogP contribution in [0.1, 0.15) is 62.9 Å². The van der Waals surface area contributed by atoms with Gasteiger partial charge in [-0.3, -0.25) is 19.8 Å². The molecule has 0 saturated heterocycles. The first-order valence-electron chi connectivity index (χ1n) is 11.4. The normalized spacial score (nSPS) is 9.80. The summed E-state index contributed by atoms with van der Waals surface area (Å²) in [6.07, 6.45) is 4.72. The average molecular weight is 490 g/mol. The monoisotopic (exact) mass is 489 g/mol. The molecule has 11 heteroatoms. The van der Waals surface area contributed by atoms with Crippen LogP contribution in [0.15, 0.2) is 29.2 Å². The molecule has 192 valence electrons. The number of fused-ring (bicyclic) bond motifs is 1. The number of esters is 1. The van der Waals surface area contributed by atoms with E-state index in [1.165, 1.54) is 51.5 Å². The van der Waals surface area contributed by atoms with E-state index in [0.29, 0.717) is 22.4 Å². The van der Waals surface area contributed by atoms with Gasteiger partial charge in [-0.25, -0.2) is 14.6 Å². The average Bonchev–Trinajstić information content (AvgIpc) is 3.28. The van der Waals surface area contributed by atoms with E-state index < -0.39 is 17.6 Å². The van der Waals surface area contributed by atoms with Gasteiger partial charge in [-0.05, 0) is 12.1 Å². The number of hydrogen-bond acceptors (Lipinski definition) is 8. The van der Waals surface area contributed by atoms with E-state index >= 15 is 0 Å². The van der Waals surface area contributed by atoms with E-state index in [0.717, 1.165) is 0 Å². The molecule has 3 aromatic rings. The van der Waals surface area contributed by atoms with E-state index in [1.54, 1.807) is 18.2 Å². The number of aromatic nitrogens is 4. The summed E-state index contributed by atoms with van der Waals surface area (Å²) in [5.74, 6) is -0.0931. The molecular formula is C24H35N5O6. The van der Waals surface area contributed by atoms with Crippen molar-refractivity contribution in [1.29, 1.82) is 0 Å². The van der Waals surface area contributed by atoms with Crippen molar-refractivity contribution in [2.75, 3.05) is 26.6 Å². The topological polar surface area (TPSA) is 137 Å².